The quantitative estimate of drug-likeness (QED) is 0.607. The van der Waals surface area contributed by atoms with Crippen molar-refractivity contribution >= 4 is 41.1 Å². The minimum atomic E-state index is 0. The van der Waals surface area contributed by atoms with Gasteiger partial charge in [-0.1, -0.05) is 24.3 Å². The zero-order chi connectivity index (χ0) is 18.5. The van der Waals surface area contributed by atoms with Gasteiger partial charge in [0.2, 0.25) is 0 Å². The lowest BCUT2D eigenvalue weighted by atomic mass is 9.88. The molecule has 0 saturated carbocycles. The van der Waals surface area contributed by atoms with Gasteiger partial charge in [0.05, 0.1) is 5.69 Å². The maximum absolute atomic E-state index is 12.3. The molecule has 2 aliphatic heterocycles. The molecule has 2 saturated heterocycles. The first-order valence-electron chi connectivity index (χ1n) is 9.54. The third-order valence-corrected chi connectivity index (χ3v) is 6.98. The van der Waals surface area contributed by atoms with Crippen LogP contribution in [0.5, 0.6) is 0 Å². The molecule has 2 aromatic heterocycles. The molecule has 1 aromatic carbocycles. The summed E-state index contributed by atoms with van der Waals surface area (Å²) in [5.41, 5.74) is 3.76. The van der Waals surface area contributed by atoms with Gasteiger partial charge in [0.25, 0.3) is 5.56 Å². The molecule has 0 unspecified atom stereocenters. The fourth-order valence-corrected chi connectivity index (χ4v) is 5.80. The number of hydrogen-bond donors (Lipinski definition) is 0. The summed E-state index contributed by atoms with van der Waals surface area (Å²) in [5, 5.41) is 1.91. The molecule has 3 aromatic rings. The van der Waals surface area contributed by atoms with Crippen LogP contribution in [0.4, 0.5) is 0 Å². The van der Waals surface area contributed by atoms with Gasteiger partial charge in [-0.05, 0) is 36.9 Å². The Morgan fingerprint density at radius 1 is 1.17 bits per heavy atom. The predicted molar refractivity (Wildman–Crippen MR) is 123 cm³/mol. The summed E-state index contributed by atoms with van der Waals surface area (Å²) in [6.45, 7) is 6.28. The summed E-state index contributed by atoms with van der Waals surface area (Å²) in [6, 6.07) is 11.0. The standard InChI is InChI=1S/C21H24N4OS.2ClH/c1-14-5-3-4-6-17(14)20-18-13-24(11-15(18)10-23(20)2)12-16-9-19(26)25-7-8-27-21(25)22-16;;/h3-9,15,18,20H,10-13H2,1-2H3;2*1H/t15-,18+,20-;;/m0../s1. The highest BCUT2D eigenvalue weighted by atomic mass is 35.5. The molecule has 0 bridgehead atoms. The molecular weight excluding hydrogens is 427 g/mol. The highest BCUT2D eigenvalue weighted by Crippen LogP contribution is 2.45. The summed E-state index contributed by atoms with van der Waals surface area (Å²) in [7, 11) is 2.26. The molecule has 2 aliphatic rings. The van der Waals surface area contributed by atoms with E-state index in [2.05, 4.69) is 53.0 Å². The molecule has 0 radical (unpaired) electrons. The molecule has 0 amide bonds. The van der Waals surface area contributed by atoms with Gasteiger partial charge < -0.3 is 0 Å². The Kier molecular flexibility index (Phi) is 6.70. The van der Waals surface area contributed by atoms with Crippen molar-refractivity contribution in [2.45, 2.75) is 19.5 Å². The summed E-state index contributed by atoms with van der Waals surface area (Å²) < 4.78 is 1.62. The molecule has 156 valence electrons. The van der Waals surface area contributed by atoms with Crippen LogP contribution in [0.25, 0.3) is 4.96 Å². The van der Waals surface area contributed by atoms with E-state index in [0.29, 0.717) is 17.9 Å². The lowest BCUT2D eigenvalue weighted by Gasteiger charge is -2.28. The van der Waals surface area contributed by atoms with E-state index in [1.54, 1.807) is 16.7 Å². The van der Waals surface area contributed by atoms with E-state index in [4.69, 9.17) is 0 Å². The molecular formula is C21H26Cl2N4OS. The van der Waals surface area contributed by atoms with Crippen molar-refractivity contribution in [1.29, 1.82) is 0 Å². The van der Waals surface area contributed by atoms with E-state index in [-0.39, 0.29) is 30.4 Å². The Morgan fingerprint density at radius 3 is 2.76 bits per heavy atom. The van der Waals surface area contributed by atoms with E-state index in [1.807, 2.05) is 5.38 Å². The molecule has 8 heteroatoms. The van der Waals surface area contributed by atoms with Crippen LogP contribution in [0.2, 0.25) is 0 Å². The topological polar surface area (TPSA) is 40.9 Å². The Labute approximate surface area is 187 Å². The van der Waals surface area contributed by atoms with Crippen LogP contribution in [0.15, 0.2) is 46.7 Å². The van der Waals surface area contributed by atoms with Crippen LogP contribution in [0, 0.1) is 18.8 Å². The molecule has 0 spiro atoms. The van der Waals surface area contributed by atoms with Crippen molar-refractivity contribution in [2.75, 3.05) is 26.7 Å². The number of aryl methyl sites for hydroxylation is 1. The Hall–Kier alpha value is -1.44. The Bertz CT molecular complexity index is 1050. The van der Waals surface area contributed by atoms with Crippen LogP contribution in [0.1, 0.15) is 22.9 Å². The molecule has 5 nitrogen and oxygen atoms in total. The summed E-state index contributed by atoms with van der Waals surface area (Å²) >= 11 is 1.52. The van der Waals surface area contributed by atoms with Gasteiger partial charge in [0.1, 0.15) is 0 Å². The first-order valence-corrected chi connectivity index (χ1v) is 10.4. The van der Waals surface area contributed by atoms with Crippen molar-refractivity contribution in [3.8, 4) is 0 Å². The van der Waals surface area contributed by atoms with Gasteiger partial charge in [-0.15, -0.1) is 36.2 Å². The number of benzene rings is 1. The Morgan fingerprint density at radius 2 is 1.97 bits per heavy atom. The average molecular weight is 453 g/mol. The van der Waals surface area contributed by atoms with Crippen molar-refractivity contribution in [2.24, 2.45) is 11.8 Å². The van der Waals surface area contributed by atoms with Gasteiger partial charge in [0.15, 0.2) is 4.96 Å². The normalized spacial score (nSPS) is 24.3. The third kappa shape index (κ3) is 3.97. The number of hydrogen-bond acceptors (Lipinski definition) is 5. The number of aromatic nitrogens is 2. The minimum Gasteiger partial charge on any atom is -0.299 e. The maximum atomic E-state index is 12.3. The number of fused-ring (bicyclic) bond motifs is 2. The van der Waals surface area contributed by atoms with Crippen molar-refractivity contribution < 1.29 is 0 Å². The molecule has 29 heavy (non-hydrogen) atoms. The SMILES string of the molecule is Cc1ccccc1[C@H]1[C@@H]2CN(Cc3cc(=O)n4ccsc4n3)C[C@@H]2CN1C.Cl.Cl. The zero-order valence-electron chi connectivity index (χ0n) is 16.5. The van der Waals surface area contributed by atoms with E-state index in [0.717, 1.165) is 36.8 Å². The highest BCUT2D eigenvalue weighted by molar-refractivity contribution is 7.15. The number of rotatable bonds is 3. The molecule has 2 fully saturated rings. The van der Waals surface area contributed by atoms with Crippen LogP contribution in [-0.4, -0.2) is 45.9 Å². The molecule has 0 N–H and O–H groups in total. The maximum Gasteiger partial charge on any atom is 0.258 e. The lowest BCUT2D eigenvalue weighted by molar-refractivity contribution is 0.223. The lowest BCUT2D eigenvalue weighted by Crippen LogP contribution is -2.30. The average Bonchev–Trinajstić information content (AvgIpc) is 3.30. The number of likely N-dealkylation sites (tertiary alicyclic amines) is 2. The number of thiazole rings is 1. The minimum absolute atomic E-state index is 0. The monoisotopic (exact) mass is 452 g/mol. The Balaban J connectivity index is 0.00000120. The molecule has 5 rings (SSSR count). The van der Waals surface area contributed by atoms with Crippen molar-refractivity contribution in [3.63, 3.8) is 0 Å². The fraction of sp³-hybridized carbons (Fsp3) is 0.429. The van der Waals surface area contributed by atoms with Crippen LogP contribution in [-0.2, 0) is 6.54 Å². The van der Waals surface area contributed by atoms with Gasteiger partial charge in [-0.3, -0.25) is 19.0 Å². The second kappa shape index (κ2) is 8.74. The zero-order valence-corrected chi connectivity index (χ0v) is 19.0. The van der Waals surface area contributed by atoms with Gasteiger partial charge in [0, 0.05) is 49.9 Å². The summed E-state index contributed by atoms with van der Waals surface area (Å²) in [5.74, 6) is 1.33. The molecule has 0 aliphatic carbocycles. The summed E-state index contributed by atoms with van der Waals surface area (Å²) in [6.07, 6.45) is 1.79. The van der Waals surface area contributed by atoms with Crippen LogP contribution < -0.4 is 5.56 Å². The van der Waals surface area contributed by atoms with E-state index >= 15 is 0 Å². The van der Waals surface area contributed by atoms with Crippen LogP contribution in [0.3, 0.4) is 0 Å². The van der Waals surface area contributed by atoms with Gasteiger partial charge >= 0.3 is 0 Å². The predicted octanol–water partition coefficient (Wildman–Crippen LogP) is 3.64. The van der Waals surface area contributed by atoms with Crippen molar-refractivity contribution in [3.05, 3.63) is 69.1 Å². The fourth-order valence-electron chi connectivity index (χ4n) is 5.06. The van der Waals surface area contributed by atoms with E-state index < -0.39 is 0 Å². The smallest absolute Gasteiger partial charge is 0.258 e. The second-order valence-electron chi connectivity index (χ2n) is 8.00. The molecule has 4 heterocycles. The van der Waals surface area contributed by atoms with E-state index in [9.17, 15) is 4.79 Å². The highest BCUT2D eigenvalue weighted by Gasteiger charge is 2.46. The second-order valence-corrected chi connectivity index (χ2v) is 8.87. The molecule has 3 atom stereocenters. The first-order chi connectivity index (χ1) is 13.1. The summed E-state index contributed by atoms with van der Waals surface area (Å²) in [4.78, 5) is 22.7. The van der Waals surface area contributed by atoms with Gasteiger partial charge in [-0.2, -0.15) is 0 Å². The first kappa shape index (κ1) is 22.2. The van der Waals surface area contributed by atoms with E-state index in [1.165, 1.54) is 22.5 Å². The third-order valence-electron chi connectivity index (χ3n) is 6.22. The number of nitrogens with zero attached hydrogens (tertiary/aromatic N) is 4. The number of halogens is 2. The van der Waals surface area contributed by atoms with Crippen LogP contribution >= 0.6 is 36.2 Å². The van der Waals surface area contributed by atoms with Gasteiger partial charge in [-0.25, -0.2) is 4.98 Å². The largest absolute Gasteiger partial charge is 0.299 e. The van der Waals surface area contributed by atoms with Crippen molar-refractivity contribution in [1.82, 2.24) is 19.2 Å².